The van der Waals surface area contributed by atoms with Crippen molar-refractivity contribution >= 4 is 0 Å². The Balaban J connectivity index is 1.97. The first-order valence-electron chi connectivity index (χ1n) is 5.29. The summed E-state index contributed by atoms with van der Waals surface area (Å²) in [5.74, 6) is 0. The number of hydrogen-bond acceptors (Lipinski definition) is 1. The molecule has 0 bridgehead atoms. The second-order valence-corrected chi connectivity index (χ2v) is 3.67. The number of hydrogen-bond donors (Lipinski definition) is 0. The Kier molecular flexibility index (Phi) is 5.35. The van der Waals surface area contributed by atoms with Gasteiger partial charge in [0.25, 0.3) is 0 Å². The van der Waals surface area contributed by atoms with Crippen molar-refractivity contribution in [3.63, 3.8) is 0 Å². The predicted molar refractivity (Wildman–Crippen MR) is 53.2 cm³/mol. The minimum atomic E-state index is 0.291. The van der Waals surface area contributed by atoms with Gasteiger partial charge in [0, 0.05) is 19.4 Å². The van der Waals surface area contributed by atoms with Crippen LogP contribution in [-0.4, -0.2) is 41.9 Å². The van der Waals surface area contributed by atoms with Gasteiger partial charge in [0.2, 0.25) is 12.7 Å². The molecule has 13 heavy (non-hydrogen) atoms. The van der Waals surface area contributed by atoms with E-state index in [-0.39, 0.29) is 0 Å². The van der Waals surface area contributed by atoms with Crippen molar-refractivity contribution in [1.29, 1.82) is 0 Å². The van der Waals surface area contributed by atoms with Gasteiger partial charge in [-0.15, -0.1) is 0 Å². The van der Waals surface area contributed by atoms with E-state index in [1.807, 2.05) is 0 Å². The van der Waals surface area contributed by atoms with E-state index in [1.54, 1.807) is 0 Å². The third kappa shape index (κ3) is 4.07. The van der Waals surface area contributed by atoms with Gasteiger partial charge in [0.1, 0.15) is 6.61 Å². The van der Waals surface area contributed by atoms with Crippen molar-refractivity contribution in [3.8, 4) is 0 Å². The van der Waals surface area contributed by atoms with Crippen LogP contribution in [0, 0.1) is 0 Å². The molecular formula is C10H22O3+2. The minimum absolute atomic E-state index is 0.291. The lowest BCUT2D eigenvalue weighted by molar-refractivity contribution is -0.151. The highest BCUT2D eigenvalue weighted by atomic mass is 16.5. The summed E-state index contributed by atoms with van der Waals surface area (Å²) in [4.78, 5) is 0. The van der Waals surface area contributed by atoms with E-state index >= 15 is 0 Å². The Morgan fingerprint density at radius 3 is 2.77 bits per heavy atom. The van der Waals surface area contributed by atoms with Crippen LogP contribution in [0.1, 0.15) is 32.6 Å². The van der Waals surface area contributed by atoms with Gasteiger partial charge in [-0.3, -0.25) is 0 Å². The highest BCUT2D eigenvalue weighted by Gasteiger charge is 2.31. The topological polar surface area (TPSA) is 44.9 Å². The fraction of sp³-hybridized carbons (Fsp3) is 1.00. The quantitative estimate of drug-likeness (QED) is 0.446. The molecule has 1 rings (SSSR count). The Morgan fingerprint density at radius 2 is 2.15 bits per heavy atom. The molecule has 3 heteroatoms. The van der Waals surface area contributed by atoms with Crippen molar-refractivity contribution in [2.45, 2.75) is 44.8 Å². The van der Waals surface area contributed by atoms with Gasteiger partial charge >= 0.3 is 0 Å². The minimum Gasteiger partial charge on any atom is -0.440 e. The van der Waals surface area contributed by atoms with Crippen molar-refractivity contribution in [2.75, 3.05) is 19.8 Å². The second-order valence-electron chi connectivity index (χ2n) is 3.67. The van der Waals surface area contributed by atoms with Gasteiger partial charge < -0.3 is 14.6 Å². The summed E-state index contributed by atoms with van der Waals surface area (Å²) >= 11 is 0. The van der Waals surface area contributed by atoms with Crippen LogP contribution in [0.3, 0.4) is 0 Å². The molecule has 0 aliphatic carbocycles. The van der Waals surface area contributed by atoms with E-state index in [4.69, 9.17) is 9.84 Å². The van der Waals surface area contributed by atoms with Crippen LogP contribution in [0.2, 0.25) is 0 Å². The number of rotatable bonds is 6. The normalized spacial score (nSPS) is 28.2. The summed E-state index contributed by atoms with van der Waals surface area (Å²) in [6.07, 6.45) is 5.22. The summed E-state index contributed by atoms with van der Waals surface area (Å²) in [5, 5.41) is 7.20. The Labute approximate surface area is 80.0 Å². The van der Waals surface area contributed by atoms with Crippen LogP contribution >= 0.6 is 0 Å². The predicted octanol–water partition coefficient (Wildman–Crippen LogP) is 0.587. The lowest BCUT2D eigenvalue weighted by Crippen LogP contribution is -2.23. The van der Waals surface area contributed by atoms with E-state index in [0.29, 0.717) is 18.8 Å². The van der Waals surface area contributed by atoms with Crippen LogP contribution in [0.15, 0.2) is 0 Å². The molecule has 0 amide bonds. The van der Waals surface area contributed by atoms with Gasteiger partial charge in [0.05, 0.1) is 0 Å². The summed E-state index contributed by atoms with van der Waals surface area (Å²) < 4.78 is 9.99. The Morgan fingerprint density at radius 1 is 1.38 bits per heavy atom. The lowest BCUT2D eigenvalue weighted by Gasteiger charge is -2.08. The first kappa shape index (κ1) is 11.0. The highest BCUT2D eigenvalue weighted by molar-refractivity contribution is 4.70. The second kappa shape index (κ2) is 6.35. The molecule has 0 saturated carbocycles. The number of ether oxygens (including phenoxy) is 2. The fourth-order valence-corrected chi connectivity index (χ4v) is 1.58. The molecule has 0 spiro atoms. The van der Waals surface area contributed by atoms with E-state index in [9.17, 15) is 0 Å². The average molecular weight is 190 g/mol. The largest absolute Gasteiger partial charge is 0.440 e. The lowest BCUT2D eigenvalue weighted by atomic mass is 10.2. The zero-order chi connectivity index (χ0) is 9.52. The third-order valence-corrected chi connectivity index (χ3v) is 2.44. The maximum Gasteiger partial charge on any atom is 0.224 e. The SMILES string of the molecule is CCCCOCC1CCC(C[OH2+])[OH+]1. The first-order valence-corrected chi connectivity index (χ1v) is 5.29. The van der Waals surface area contributed by atoms with Gasteiger partial charge in [-0.05, 0) is 6.42 Å². The molecule has 1 aliphatic rings. The molecule has 78 valence electrons. The maximum atomic E-state index is 7.20. The summed E-state index contributed by atoms with van der Waals surface area (Å²) in [6, 6.07) is 0. The van der Waals surface area contributed by atoms with Crippen LogP contribution in [-0.2, 0) is 4.74 Å². The summed E-state index contributed by atoms with van der Waals surface area (Å²) in [6.45, 7) is 4.26. The standard InChI is InChI=1S/C10H20O3/c1-2-3-6-12-8-10-5-4-9(7-11)13-10/h9-11H,2-8H2,1H3/p+2. The summed E-state index contributed by atoms with van der Waals surface area (Å²) in [7, 11) is 0. The van der Waals surface area contributed by atoms with Gasteiger partial charge in [-0.25, -0.2) is 0 Å². The molecule has 0 aromatic rings. The number of aliphatic hydroxyl groups is 2. The summed E-state index contributed by atoms with van der Waals surface area (Å²) in [5.41, 5.74) is 0. The monoisotopic (exact) mass is 190 g/mol. The fourth-order valence-electron chi connectivity index (χ4n) is 1.58. The molecule has 0 aromatic carbocycles. The smallest absolute Gasteiger partial charge is 0.224 e. The average Bonchev–Trinajstić information content (AvgIpc) is 2.60. The van der Waals surface area contributed by atoms with E-state index in [0.717, 1.165) is 32.5 Å². The van der Waals surface area contributed by atoms with Gasteiger partial charge in [-0.2, -0.15) is 0 Å². The molecule has 0 aromatic heterocycles. The maximum absolute atomic E-state index is 7.20. The van der Waals surface area contributed by atoms with E-state index in [1.165, 1.54) is 6.42 Å². The molecule has 1 aliphatic heterocycles. The van der Waals surface area contributed by atoms with Crippen LogP contribution in [0.25, 0.3) is 0 Å². The molecule has 1 heterocycles. The zero-order valence-corrected chi connectivity index (χ0v) is 8.46. The third-order valence-electron chi connectivity index (χ3n) is 2.44. The van der Waals surface area contributed by atoms with Gasteiger partial charge in [-0.1, -0.05) is 13.3 Å². The van der Waals surface area contributed by atoms with Gasteiger partial charge in [0.15, 0.2) is 6.10 Å². The molecule has 3 nitrogen and oxygen atoms in total. The molecule has 2 atom stereocenters. The van der Waals surface area contributed by atoms with Crippen LogP contribution in [0.5, 0.6) is 0 Å². The molecule has 3 N–H and O–H groups in total. The highest BCUT2D eigenvalue weighted by Crippen LogP contribution is 2.16. The first-order chi connectivity index (χ1) is 6.36. The molecular weight excluding hydrogens is 168 g/mol. The van der Waals surface area contributed by atoms with Crippen LogP contribution < -0.4 is 0 Å². The van der Waals surface area contributed by atoms with E-state index in [2.05, 4.69) is 11.7 Å². The molecule has 2 unspecified atom stereocenters. The molecule has 0 radical (unpaired) electrons. The van der Waals surface area contributed by atoms with Crippen molar-refractivity contribution in [3.05, 3.63) is 0 Å². The molecule has 1 fully saturated rings. The molecule has 1 saturated heterocycles. The van der Waals surface area contributed by atoms with Crippen molar-refractivity contribution in [1.82, 2.24) is 0 Å². The van der Waals surface area contributed by atoms with Crippen LogP contribution in [0.4, 0.5) is 0 Å². The Bertz CT molecular complexity index is 127. The number of unbranched alkanes of at least 4 members (excludes halogenated alkanes) is 1. The zero-order valence-electron chi connectivity index (χ0n) is 8.46. The van der Waals surface area contributed by atoms with E-state index < -0.39 is 0 Å². The van der Waals surface area contributed by atoms with Crippen molar-refractivity contribution in [2.24, 2.45) is 0 Å². The Hall–Kier alpha value is -0.120. The van der Waals surface area contributed by atoms with Crippen molar-refractivity contribution < 1.29 is 14.6 Å².